The van der Waals surface area contributed by atoms with E-state index in [2.05, 4.69) is 185 Å². The SMILES string of the molecule is CN(C)C(c1ccccc1)(c1ccc(Oc2ccc(C(c3ccccc3)(N(C)C)N(C)C)cc2)cc1)N(C)C. The monoisotopic (exact) mass is 522 g/mol. The minimum atomic E-state index is -0.402. The Balaban J connectivity index is 1.64. The summed E-state index contributed by atoms with van der Waals surface area (Å²) in [5.74, 6) is 1.61. The Morgan fingerprint density at radius 1 is 0.359 bits per heavy atom. The van der Waals surface area contributed by atoms with Gasteiger partial charge in [-0.05, 0) is 103 Å². The van der Waals surface area contributed by atoms with Crippen LogP contribution in [0.3, 0.4) is 0 Å². The number of benzene rings is 4. The second kappa shape index (κ2) is 11.7. The molecule has 5 nitrogen and oxygen atoms in total. The molecule has 0 aliphatic carbocycles. The van der Waals surface area contributed by atoms with Crippen molar-refractivity contribution >= 4 is 0 Å². The van der Waals surface area contributed by atoms with Gasteiger partial charge in [0, 0.05) is 0 Å². The molecule has 0 aliphatic heterocycles. The Hall–Kier alpha value is -3.48. The van der Waals surface area contributed by atoms with Crippen LogP contribution in [0.25, 0.3) is 0 Å². The molecule has 0 atom stereocenters. The Morgan fingerprint density at radius 2 is 0.615 bits per heavy atom. The summed E-state index contributed by atoms with van der Waals surface area (Å²) in [6.07, 6.45) is 0. The lowest BCUT2D eigenvalue weighted by Gasteiger charge is -2.46. The number of hydrogen-bond acceptors (Lipinski definition) is 5. The van der Waals surface area contributed by atoms with Crippen LogP contribution in [0.5, 0.6) is 11.5 Å². The van der Waals surface area contributed by atoms with Gasteiger partial charge in [-0.25, -0.2) is 0 Å². The highest BCUT2D eigenvalue weighted by atomic mass is 16.5. The molecule has 204 valence electrons. The van der Waals surface area contributed by atoms with E-state index in [4.69, 9.17) is 4.74 Å². The van der Waals surface area contributed by atoms with Crippen LogP contribution in [0.2, 0.25) is 0 Å². The molecule has 4 aromatic carbocycles. The van der Waals surface area contributed by atoms with Gasteiger partial charge >= 0.3 is 0 Å². The van der Waals surface area contributed by atoms with Gasteiger partial charge in [0.15, 0.2) is 0 Å². The fourth-order valence-electron chi connectivity index (χ4n) is 6.19. The highest BCUT2D eigenvalue weighted by molar-refractivity contribution is 5.44. The lowest BCUT2D eigenvalue weighted by atomic mass is 9.88. The van der Waals surface area contributed by atoms with Gasteiger partial charge in [-0.1, -0.05) is 84.9 Å². The molecule has 39 heavy (non-hydrogen) atoms. The third kappa shape index (κ3) is 5.11. The molecule has 0 radical (unpaired) electrons. The third-order valence-corrected chi connectivity index (χ3v) is 7.69. The van der Waals surface area contributed by atoms with Gasteiger partial charge in [0.05, 0.1) is 0 Å². The first-order valence-electron chi connectivity index (χ1n) is 13.3. The van der Waals surface area contributed by atoms with Crippen molar-refractivity contribution in [2.75, 3.05) is 56.4 Å². The Kier molecular flexibility index (Phi) is 8.57. The van der Waals surface area contributed by atoms with Crippen LogP contribution in [0.4, 0.5) is 0 Å². The smallest absolute Gasteiger partial charge is 0.127 e. The molecule has 0 saturated heterocycles. The maximum absolute atomic E-state index is 6.31. The van der Waals surface area contributed by atoms with Crippen molar-refractivity contribution in [3.05, 3.63) is 131 Å². The minimum absolute atomic E-state index is 0.402. The summed E-state index contributed by atoms with van der Waals surface area (Å²) in [6.45, 7) is 0. The summed E-state index contributed by atoms with van der Waals surface area (Å²) in [5.41, 5.74) is 3.98. The van der Waals surface area contributed by atoms with E-state index >= 15 is 0 Å². The molecular weight excluding hydrogens is 480 g/mol. The molecule has 4 aromatic rings. The molecule has 0 N–H and O–H groups in total. The summed E-state index contributed by atoms with van der Waals surface area (Å²) in [5, 5.41) is 0. The van der Waals surface area contributed by atoms with E-state index in [0.717, 1.165) is 11.5 Å². The Bertz CT molecular complexity index is 1190. The molecule has 0 unspecified atom stereocenters. The lowest BCUT2D eigenvalue weighted by Crippen LogP contribution is -2.53. The van der Waals surface area contributed by atoms with Gasteiger partial charge < -0.3 is 4.74 Å². The van der Waals surface area contributed by atoms with Crippen molar-refractivity contribution in [3.8, 4) is 11.5 Å². The van der Waals surface area contributed by atoms with Crippen LogP contribution in [-0.2, 0) is 11.3 Å². The van der Waals surface area contributed by atoms with Crippen LogP contribution in [0.15, 0.2) is 109 Å². The zero-order valence-electron chi connectivity index (χ0n) is 24.6. The van der Waals surface area contributed by atoms with Crippen LogP contribution in [0, 0.1) is 0 Å². The summed E-state index contributed by atoms with van der Waals surface area (Å²) in [7, 11) is 17.0. The van der Waals surface area contributed by atoms with Gasteiger partial charge in [0.25, 0.3) is 0 Å². The van der Waals surface area contributed by atoms with E-state index in [0.29, 0.717) is 0 Å². The highest BCUT2D eigenvalue weighted by Gasteiger charge is 2.40. The predicted molar refractivity (Wildman–Crippen MR) is 162 cm³/mol. The molecule has 0 fully saturated rings. The van der Waals surface area contributed by atoms with Crippen molar-refractivity contribution in [3.63, 3.8) is 0 Å². The van der Waals surface area contributed by atoms with Crippen molar-refractivity contribution in [2.45, 2.75) is 11.3 Å². The molecule has 0 bridgehead atoms. The first kappa shape index (κ1) is 28.5. The second-order valence-electron chi connectivity index (χ2n) is 10.8. The third-order valence-electron chi connectivity index (χ3n) is 7.69. The molecule has 0 aliphatic rings. The van der Waals surface area contributed by atoms with Crippen LogP contribution >= 0.6 is 0 Å². The number of rotatable bonds is 10. The van der Waals surface area contributed by atoms with Gasteiger partial charge in [0.2, 0.25) is 0 Å². The van der Waals surface area contributed by atoms with Gasteiger partial charge in [0.1, 0.15) is 22.8 Å². The van der Waals surface area contributed by atoms with E-state index in [1.165, 1.54) is 22.3 Å². The molecule has 0 aromatic heterocycles. The minimum Gasteiger partial charge on any atom is -0.457 e. The quantitative estimate of drug-likeness (QED) is 0.233. The summed E-state index contributed by atoms with van der Waals surface area (Å²) in [4.78, 5) is 9.02. The average Bonchev–Trinajstić information content (AvgIpc) is 2.92. The number of hydrogen-bond donors (Lipinski definition) is 0. The molecule has 5 heteroatoms. The fourth-order valence-corrected chi connectivity index (χ4v) is 6.19. The first-order valence-corrected chi connectivity index (χ1v) is 13.3. The fraction of sp³-hybridized carbons (Fsp3) is 0.294. The average molecular weight is 523 g/mol. The zero-order chi connectivity index (χ0) is 28.2. The van der Waals surface area contributed by atoms with Gasteiger partial charge in [-0.2, -0.15) is 0 Å². The van der Waals surface area contributed by atoms with E-state index < -0.39 is 11.3 Å². The largest absolute Gasteiger partial charge is 0.457 e. The predicted octanol–water partition coefficient (Wildman–Crippen LogP) is 6.13. The standard InChI is InChI=1S/C34H42N4O/c1-35(2)33(36(3)4,27-15-11-9-12-16-27)29-19-23-31(24-20-29)39-32-25-21-30(22-26-32)34(37(5)6,38(7)8)28-17-13-10-14-18-28/h9-26H,1-8H3. The van der Waals surface area contributed by atoms with Crippen LogP contribution in [-0.4, -0.2) is 76.0 Å². The van der Waals surface area contributed by atoms with Crippen molar-refractivity contribution in [1.29, 1.82) is 0 Å². The molecule has 4 rings (SSSR count). The number of ether oxygens (including phenoxy) is 1. The Morgan fingerprint density at radius 3 is 0.872 bits per heavy atom. The molecule has 0 amide bonds. The maximum Gasteiger partial charge on any atom is 0.127 e. The Labute approximate surface area is 234 Å². The zero-order valence-corrected chi connectivity index (χ0v) is 24.6. The van der Waals surface area contributed by atoms with Crippen molar-refractivity contribution in [1.82, 2.24) is 19.6 Å². The molecule has 0 heterocycles. The van der Waals surface area contributed by atoms with E-state index in [1.54, 1.807) is 0 Å². The summed E-state index contributed by atoms with van der Waals surface area (Å²) in [6, 6.07) is 38.1. The molecule has 0 saturated carbocycles. The lowest BCUT2D eigenvalue weighted by molar-refractivity contribution is 0.0394. The van der Waals surface area contributed by atoms with E-state index in [-0.39, 0.29) is 0 Å². The first-order chi connectivity index (χ1) is 18.6. The summed E-state index contributed by atoms with van der Waals surface area (Å²) < 4.78 is 6.31. The van der Waals surface area contributed by atoms with Crippen molar-refractivity contribution < 1.29 is 4.74 Å². The number of nitrogens with zero attached hydrogens (tertiary/aromatic N) is 4. The van der Waals surface area contributed by atoms with Gasteiger partial charge in [-0.3, -0.25) is 19.6 Å². The van der Waals surface area contributed by atoms with E-state index in [1.807, 2.05) is 0 Å². The second-order valence-corrected chi connectivity index (χ2v) is 10.8. The topological polar surface area (TPSA) is 22.2 Å². The highest BCUT2D eigenvalue weighted by Crippen LogP contribution is 2.39. The van der Waals surface area contributed by atoms with Crippen molar-refractivity contribution in [2.24, 2.45) is 0 Å². The van der Waals surface area contributed by atoms with Gasteiger partial charge in [-0.15, -0.1) is 0 Å². The molecule has 0 spiro atoms. The van der Waals surface area contributed by atoms with Crippen LogP contribution in [0.1, 0.15) is 22.3 Å². The normalized spacial score (nSPS) is 12.5. The maximum atomic E-state index is 6.31. The van der Waals surface area contributed by atoms with Crippen LogP contribution < -0.4 is 4.74 Å². The van der Waals surface area contributed by atoms with E-state index in [9.17, 15) is 0 Å². The molecular formula is C34H42N4O. The summed E-state index contributed by atoms with van der Waals surface area (Å²) >= 11 is 0.